The second-order valence-corrected chi connectivity index (χ2v) is 8.28. The summed E-state index contributed by atoms with van der Waals surface area (Å²) in [6, 6.07) is 24.0. The Morgan fingerprint density at radius 3 is 2.56 bits per heavy atom. The number of benzene rings is 3. The predicted octanol–water partition coefficient (Wildman–Crippen LogP) is 3.65. The molecule has 0 saturated carbocycles. The van der Waals surface area contributed by atoms with Crippen LogP contribution in [0.5, 0.6) is 0 Å². The minimum Gasteiger partial charge on any atom is -0.370 e. The van der Waals surface area contributed by atoms with Crippen LogP contribution >= 0.6 is 0 Å². The summed E-state index contributed by atoms with van der Waals surface area (Å²) in [6.45, 7) is 1.15. The first-order chi connectivity index (χ1) is 17.4. The number of ether oxygens (including phenoxy) is 1. The van der Waals surface area contributed by atoms with Crippen molar-refractivity contribution in [2.75, 3.05) is 24.0 Å². The number of imidazole rings is 1. The molecule has 4 rings (SSSR count). The van der Waals surface area contributed by atoms with Crippen LogP contribution < -0.4 is 16.0 Å². The number of aryl methyl sites for hydroxylation is 1. The lowest BCUT2D eigenvalue weighted by molar-refractivity contribution is -0.118. The number of amides is 2. The summed E-state index contributed by atoms with van der Waals surface area (Å²) in [5.74, 6) is -0.518. The molecule has 0 aliphatic rings. The number of nitrogens with one attached hydrogen (secondary N) is 1. The largest absolute Gasteiger partial charge is 0.370 e. The monoisotopic (exact) mass is 482 g/mol. The lowest BCUT2D eigenvalue weighted by Gasteiger charge is -2.19. The number of anilines is 2. The van der Waals surface area contributed by atoms with Gasteiger partial charge in [0, 0.05) is 31.3 Å². The van der Waals surface area contributed by atoms with Gasteiger partial charge >= 0.3 is 0 Å². The minimum absolute atomic E-state index is 0.0974. The van der Waals surface area contributed by atoms with Gasteiger partial charge in [0.15, 0.2) is 0 Å². The number of nitriles is 1. The molecular weight excluding hydrogens is 456 g/mol. The Morgan fingerprint density at radius 1 is 1.11 bits per heavy atom. The van der Waals surface area contributed by atoms with Crippen LogP contribution in [0, 0.1) is 11.3 Å². The first-order valence-electron chi connectivity index (χ1n) is 11.4. The van der Waals surface area contributed by atoms with Gasteiger partial charge in [-0.3, -0.25) is 14.9 Å². The van der Waals surface area contributed by atoms with Gasteiger partial charge in [-0.15, -0.1) is 0 Å². The summed E-state index contributed by atoms with van der Waals surface area (Å²) >= 11 is 0. The fourth-order valence-corrected chi connectivity index (χ4v) is 3.72. The average Bonchev–Trinajstić information content (AvgIpc) is 3.23. The van der Waals surface area contributed by atoms with Crippen LogP contribution in [-0.2, 0) is 22.7 Å². The van der Waals surface area contributed by atoms with Gasteiger partial charge in [-0.1, -0.05) is 30.3 Å². The molecule has 0 aliphatic heterocycles. The number of carbonyl (C=O) groups is 2. The van der Waals surface area contributed by atoms with Gasteiger partial charge in [0.1, 0.15) is 6.73 Å². The molecule has 36 heavy (non-hydrogen) atoms. The van der Waals surface area contributed by atoms with E-state index in [2.05, 4.69) is 10.3 Å². The normalized spacial score (nSPS) is 10.7. The first-order valence-corrected chi connectivity index (χ1v) is 11.4. The summed E-state index contributed by atoms with van der Waals surface area (Å²) in [6.07, 6.45) is 0.0974. The van der Waals surface area contributed by atoms with Crippen LogP contribution in [0.25, 0.3) is 11.0 Å². The molecule has 2 amide bonds. The fraction of sp³-hybridized carbons (Fsp3) is 0.185. The van der Waals surface area contributed by atoms with E-state index in [0.717, 1.165) is 16.8 Å². The van der Waals surface area contributed by atoms with E-state index in [-0.39, 0.29) is 18.9 Å². The van der Waals surface area contributed by atoms with Crippen LogP contribution in [0.2, 0.25) is 0 Å². The van der Waals surface area contributed by atoms with Crippen LogP contribution in [-0.4, -0.2) is 35.1 Å². The number of nitrogens with zero attached hydrogens (tertiary/aromatic N) is 4. The molecule has 0 atom stereocenters. The van der Waals surface area contributed by atoms with Crippen molar-refractivity contribution in [3.8, 4) is 6.07 Å². The Bertz CT molecular complexity index is 1410. The van der Waals surface area contributed by atoms with Crippen molar-refractivity contribution in [2.45, 2.75) is 19.6 Å². The predicted molar refractivity (Wildman–Crippen MR) is 137 cm³/mol. The fourth-order valence-electron chi connectivity index (χ4n) is 3.72. The lowest BCUT2D eigenvalue weighted by atomic mass is 10.1. The lowest BCUT2D eigenvalue weighted by Crippen LogP contribution is -2.20. The molecule has 0 bridgehead atoms. The number of hydrogen-bond donors (Lipinski definition) is 2. The van der Waals surface area contributed by atoms with Gasteiger partial charge in [-0.2, -0.15) is 5.26 Å². The molecule has 0 spiro atoms. The van der Waals surface area contributed by atoms with Crippen molar-refractivity contribution in [1.29, 1.82) is 5.26 Å². The SMILES string of the molecule is CN(COCc1ccccc1)c1ccc2c(c1)nc(NC(=O)c1ccc(C#N)cc1)n2CCC(N)=O. The summed E-state index contributed by atoms with van der Waals surface area (Å²) in [4.78, 5) is 30.9. The zero-order valence-electron chi connectivity index (χ0n) is 19.8. The Labute approximate surface area is 208 Å². The molecule has 3 aromatic carbocycles. The molecule has 1 aromatic heterocycles. The maximum Gasteiger partial charge on any atom is 0.257 e. The molecule has 9 heteroatoms. The molecule has 0 aliphatic carbocycles. The van der Waals surface area contributed by atoms with Gasteiger partial charge in [-0.25, -0.2) is 4.98 Å². The van der Waals surface area contributed by atoms with Crippen molar-refractivity contribution in [2.24, 2.45) is 5.73 Å². The number of hydrogen-bond acceptors (Lipinski definition) is 6. The number of aromatic nitrogens is 2. The minimum atomic E-state index is -0.451. The number of carbonyl (C=O) groups excluding carboxylic acids is 2. The van der Waals surface area contributed by atoms with Crippen LogP contribution in [0.3, 0.4) is 0 Å². The van der Waals surface area contributed by atoms with Crippen molar-refractivity contribution in [3.63, 3.8) is 0 Å². The highest BCUT2D eigenvalue weighted by Crippen LogP contribution is 2.25. The van der Waals surface area contributed by atoms with Gasteiger partial charge in [0.25, 0.3) is 5.91 Å². The maximum absolute atomic E-state index is 12.8. The second-order valence-electron chi connectivity index (χ2n) is 8.28. The molecule has 3 N–H and O–H groups in total. The van der Waals surface area contributed by atoms with E-state index in [4.69, 9.17) is 15.7 Å². The number of nitrogens with two attached hydrogens (primary N) is 1. The molecule has 182 valence electrons. The molecule has 0 unspecified atom stereocenters. The van der Waals surface area contributed by atoms with E-state index in [1.54, 1.807) is 28.8 Å². The van der Waals surface area contributed by atoms with Crippen molar-refractivity contribution < 1.29 is 14.3 Å². The van der Waals surface area contributed by atoms with Crippen LogP contribution in [0.1, 0.15) is 27.9 Å². The molecule has 4 aromatic rings. The van der Waals surface area contributed by atoms with Crippen molar-refractivity contribution >= 4 is 34.5 Å². The Hall–Kier alpha value is -4.68. The molecule has 0 saturated heterocycles. The topological polar surface area (TPSA) is 126 Å². The van der Waals surface area contributed by atoms with Crippen LogP contribution in [0.4, 0.5) is 11.6 Å². The standard InChI is InChI=1S/C27H26N6O3/c1-32(18-36-17-20-5-3-2-4-6-20)22-11-12-24-23(15-22)30-27(33(24)14-13-25(29)34)31-26(35)21-9-7-19(16-28)8-10-21/h2-12,15H,13-14,17-18H2,1H3,(H2,29,34)(H,30,31,35). The Kier molecular flexibility index (Phi) is 7.58. The molecule has 0 fully saturated rings. The molecule has 9 nitrogen and oxygen atoms in total. The van der Waals surface area contributed by atoms with E-state index in [0.29, 0.717) is 35.9 Å². The third-order valence-corrected chi connectivity index (χ3v) is 5.65. The maximum atomic E-state index is 12.8. The smallest absolute Gasteiger partial charge is 0.257 e. The van der Waals surface area contributed by atoms with Crippen molar-refractivity contribution in [3.05, 3.63) is 89.5 Å². The zero-order valence-corrected chi connectivity index (χ0v) is 19.8. The number of fused-ring (bicyclic) bond motifs is 1. The molecule has 0 radical (unpaired) electrons. The summed E-state index contributed by atoms with van der Waals surface area (Å²) in [5.41, 5.74) is 9.61. The van der Waals surface area contributed by atoms with E-state index in [1.807, 2.05) is 66.5 Å². The summed E-state index contributed by atoms with van der Waals surface area (Å²) < 4.78 is 7.59. The van der Waals surface area contributed by atoms with Gasteiger partial charge < -0.3 is 19.9 Å². The van der Waals surface area contributed by atoms with Gasteiger partial charge in [0.05, 0.1) is 29.3 Å². The van der Waals surface area contributed by atoms with Gasteiger partial charge in [-0.05, 0) is 48.0 Å². The molecular formula is C27H26N6O3. The third-order valence-electron chi connectivity index (χ3n) is 5.65. The number of rotatable bonds is 10. The van der Waals surface area contributed by atoms with Crippen molar-refractivity contribution in [1.82, 2.24) is 9.55 Å². The average molecular weight is 483 g/mol. The Balaban J connectivity index is 1.54. The Morgan fingerprint density at radius 2 is 1.86 bits per heavy atom. The highest BCUT2D eigenvalue weighted by Gasteiger charge is 2.16. The van der Waals surface area contributed by atoms with E-state index in [1.165, 1.54) is 0 Å². The number of primary amides is 1. The van der Waals surface area contributed by atoms with Crippen LogP contribution in [0.15, 0.2) is 72.8 Å². The zero-order chi connectivity index (χ0) is 25.5. The van der Waals surface area contributed by atoms with E-state index in [9.17, 15) is 9.59 Å². The molecule has 1 heterocycles. The van der Waals surface area contributed by atoms with E-state index < -0.39 is 5.91 Å². The summed E-state index contributed by atoms with van der Waals surface area (Å²) in [5, 5.41) is 11.8. The summed E-state index contributed by atoms with van der Waals surface area (Å²) in [7, 11) is 1.92. The quantitative estimate of drug-likeness (QED) is 0.332. The van der Waals surface area contributed by atoms with Gasteiger partial charge in [0.2, 0.25) is 11.9 Å². The second kappa shape index (κ2) is 11.2. The first kappa shape index (κ1) is 24.4. The highest BCUT2D eigenvalue weighted by atomic mass is 16.5. The van der Waals surface area contributed by atoms with E-state index >= 15 is 0 Å². The third kappa shape index (κ3) is 5.87. The highest BCUT2D eigenvalue weighted by molar-refractivity contribution is 6.04.